The maximum atomic E-state index is 11.8. The average molecular weight is 400 g/mol. The van der Waals surface area contributed by atoms with Crippen LogP contribution in [0.25, 0.3) is 0 Å². The lowest BCUT2D eigenvalue weighted by molar-refractivity contribution is -0.0679. The van der Waals surface area contributed by atoms with E-state index in [1.54, 1.807) is 36.4 Å². The summed E-state index contributed by atoms with van der Waals surface area (Å²) < 4.78 is 29.0. The molecule has 0 radical (unpaired) electrons. The van der Waals surface area contributed by atoms with E-state index < -0.39 is 16.1 Å². The van der Waals surface area contributed by atoms with E-state index in [2.05, 4.69) is 0 Å². The van der Waals surface area contributed by atoms with Crippen LogP contribution in [0.4, 0.5) is 11.4 Å². The second-order valence-corrected chi connectivity index (χ2v) is 8.32. The summed E-state index contributed by atoms with van der Waals surface area (Å²) >= 11 is 6.13. The minimum atomic E-state index is -3.29. The van der Waals surface area contributed by atoms with Gasteiger partial charge in [-0.25, -0.2) is 8.42 Å². The number of benzene rings is 2. The first-order valence-corrected chi connectivity index (χ1v) is 10.3. The highest BCUT2D eigenvalue weighted by molar-refractivity contribution is 7.90. The summed E-state index contributed by atoms with van der Waals surface area (Å²) in [4.78, 5) is 2.17. The Morgan fingerprint density at radius 3 is 2.38 bits per heavy atom. The quantitative estimate of drug-likeness (QED) is 0.696. The number of aliphatic hydroxyl groups is 2. The normalized spacial score (nSPS) is 11.7. The fourth-order valence-corrected chi connectivity index (χ4v) is 3.49. The number of anilines is 2. The van der Waals surface area contributed by atoms with Crippen molar-refractivity contribution >= 4 is 32.8 Å². The number of rotatable bonds is 7. The molecule has 0 unspecified atom stereocenters. The van der Waals surface area contributed by atoms with E-state index in [0.29, 0.717) is 23.0 Å². The molecule has 2 aromatic rings. The molecule has 0 saturated carbocycles. The Bertz CT molecular complexity index is 883. The molecule has 0 amide bonds. The van der Waals surface area contributed by atoms with Crippen LogP contribution in [-0.4, -0.2) is 44.3 Å². The molecule has 0 bridgehead atoms. The van der Waals surface area contributed by atoms with Crippen LogP contribution in [0.1, 0.15) is 12.5 Å². The third-order valence-electron chi connectivity index (χ3n) is 3.80. The molecule has 2 N–H and O–H groups in total. The van der Waals surface area contributed by atoms with Crippen LogP contribution < -0.4 is 9.64 Å². The predicted octanol–water partition coefficient (Wildman–Crippen LogP) is 2.90. The van der Waals surface area contributed by atoms with Crippen molar-refractivity contribution in [2.45, 2.75) is 25.0 Å². The predicted molar refractivity (Wildman–Crippen MR) is 102 cm³/mol. The average Bonchev–Trinajstić information content (AvgIpc) is 2.55. The fourth-order valence-electron chi connectivity index (χ4n) is 2.62. The molecular formula is C18H22ClNO5S. The molecule has 0 atom stereocenters. The number of ether oxygens (including phenoxy) is 1. The van der Waals surface area contributed by atoms with Gasteiger partial charge in [-0.1, -0.05) is 11.6 Å². The summed E-state index contributed by atoms with van der Waals surface area (Å²) in [5.74, 6) is 0.441. The van der Waals surface area contributed by atoms with E-state index in [1.165, 1.54) is 6.26 Å². The second kappa shape index (κ2) is 8.26. The van der Waals surface area contributed by atoms with Crippen molar-refractivity contribution in [2.24, 2.45) is 0 Å². The molecule has 0 aliphatic heterocycles. The van der Waals surface area contributed by atoms with Crippen LogP contribution in [0.15, 0.2) is 41.3 Å². The van der Waals surface area contributed by atoms with E-state index >= 15 is 0 Å². The van der Waals surface area contributed by atoms with E-state index in [1.807, 2.05) is 18.7 Å². The highest BCUT2D eigenvalue weighted by atomic mass is 35.5. The van der Waals surface area contributed by atoms with Gasteiger partial charge in [0.05, 0.1) is 10.6 Å². The number of hydrogen-bond acceptors (Lipinski definition) is 6. The molecule has 2 rings (SSSR count). The molecule has 0 aliphatic rings. The number of hydrogen-bond donors (Lipinski definition) is 2. The van der Waals surface area contributed by atoms with Crippen molar-refractivity contribution in [3.05, 3.63) is 47.0 Å². The maximum absolute atomic E-state index is 11.8. The highest BCUT2D eigenvalue weighted by Gasteiger charge is 2.18. The zero-order valence-electron chi connectivity index (χ0n) is 14.8. The lowest BCUT2D eigenvalue weighted by Gasteiger charge is -2.27. The number of nitrogens with zero attached hydrogens (tertiary/aromatic N) is 1. The molecule has 2 aromatic carbocycles. The van der Waals surface area contributed by atoms with Gasteiger partial charge in [0.25, 0.3) is 0 Å². The fraction of sp³-hybridized carbons (Fsp3) is 0.333. The summed E-state index contributed by atoms with van der Waals surface area (Å²) in [5, 5.41) is 18.6. The maximum Gasteiger partial charge on any atom is 0.186 e. The van der Waals surface area contributed by atoms with Gasteiger partial charge >= 0.3 is 0 Å². The molecule has 26 heavy (non-hydrogen) atoms. The third kappa shape index (κ3) is 4.88. The lowest BCUT2D eigenvalue weighted by atomic mass is 10.1. The summed E-state index contributed by atoms with van der Waals surface area (Å²) in [6.45, 7) is 4.06. The van der Waals surface area contributed by atoms with Crippen LogP contribution in [0, 0.1) is 6.92 Å². The lowest BCUT2D eigenvalue weighted by Crippen LogP contribution is -2.21. The van der Waals surface area contributed by atoms with Crippen LogP contribution in [0.2, 0.25) is 5.02 Å². The first-order chi connectivity index (χ1) is 12.1. The number of aliphatic hydroxyl groups excluding tert-OH is 1. The van der Waals surface area contributed by atoms with Crippen molar-refractivity contribution in [2.75, 3.05) is 24.3 Å². The van der Waals surface area contributed by atoms with E-state index in [0.717, 1.165) is 11.3 Å². The van der Waals surface area contributed by atoms with Crippen molar-refractivity contribution in [1.82, 2.24) is 0 Å². The van der Waals surface area contributed by atoms with E-state index in [4.69, 9.17) is 26.6 Å². The van der Waals surface area contributed by atoms with Crippen molar-refractivity contribution < 1.29 is 23.4 Å². The van der Waals surface area contributed by atoms with Crippen LogP contribution in [-0.2, 0) is 9.84 Å². The first kappa shape index (κ1) is 20.5. The molecule has 6 nitrogen and oxygen atoms in total. The molecule has 0 aliphatic carbocycles. The first-order valence-electron chi connectivity index (χ1n) is 8.00. The van der Waals surface area contributed by atoms with Gasteiger partial charge in [0.15, 0.2) is 16.1 Å². The van der Waals surface area contributed by atoms with E-state index in [9.17, 15) is 8.42 Å². The van der Waals surface area contributed by atoms with Crippen molar-refractivity contribution in [3.63, 3.8) is 0 Å². The zero-order chi connectivity index (χ0) is 19.5. The Kier molecular flexibility index (Phi) is 6.52. The minimum Gasteiger partial charge on any atom is -0.486 e. The molecule has 8 heteroatoms. The zero-order valence-corrected chi connectivity index (χ0v) is 16.4. The number of halogens is 1. The van der Waals surface area contributed by atoms with Crippen molar-refractivity contribution in [3.8, 4) is 5.75 Å². The van der Waals surface area contributed by atoms with Gasteiger partial charge in [0.1, 0.15) is 12.4 Å². The monoisotopic (exact) mass is 399 g/mol. The number of aryl methyl sites for hydroxylation is 1. The van der Waals surface area contributed by atoms with E-state index in [-0.39, 0.29) is 11.5 Å². The van der Waals surface area contributed by atoms with Crippen LogP contribution in [0.5, 0.6) is 5.75 Å². The van der Waals surface area contributed by atoms with Gasteiger partial charge in [0.2, 0.25) is 0 Å². The second-order valence-electron chi connectivity index (χ2n) is 5.87. The third-order valence-corrected chi connectivity index (χ3v) is 5.15. The smallest absolute Gasteiger partial charge is 0.186 e. The highest BCUT2D eigenvalue weighted by Crippen LogP contribution is 2.37. The molecule has 0 aromatic heterocycles. The minimum absolute atomic E-state index is 0.251. The Balaban J connectivity index is 2.50. The van der Waals surface area contributed by atoms with Gasteiger partial charge in [-0.05, 0) is 55.8 Å². The molecular weight excluding hydrogens is 378 g/mol. The Hall–Kier alpha value is -1.80. The molecule has 0 saturated heterocycles. The Morgan fingerprint density at radius 2 is 1.85 bits per heavy atom. The topological polar surface area (TPSA) is 87.1 Å². The Morgan fingerprint density at radius 1 is 1.15 bits per heavy atom. The van der Waals surface area contributed by atoms with Gasteiger partial charge in [-0.15, -0.1) is 0 Å². The molecule has 0 heterocycles. The summed E-state index contributed by atoms with van der Waals surface area (Å²) in [6, 6.07) is 9.94. The Labute approximate surface area is 158 Å². The molecule has 0 fully saturated rings. The molecule has 0 spiro atoms. The van der Waals surface area contributed by atoms with Gasteiger partial charge in [-0.2, -0.15) is 0 Å². The standard InChI is InChI=1S/C18H22ClNO5S/c1-4-20(15-7-6-14(9-12(15)2)26(3,23)24)16-10-13(19)5-8-17(16)25-11-18(21)22/h5-10,18,21-22H,4,11H2,1-3H3. The van der Waals surface area contributed by atoms with Crippen LogP contribution in [0.3, 0.4) is 0 Å². The SMILES string of the molecule is CCN(c1ccc(S(C)(=O)=O)cc1C)c1cc(Cl)ccc1OCC(O)O. The van der Waals surface area contributed by atoms with Crippen LogP contribution >= 0.6 is 11.6 Å². The number of sulfone groups is 1. The molecule has 142 valence electrons. The summed E-state index contributed by atoms with van der Waals surface area (Å²) in [6.07, 6.45) is -0.424. The van der Waals surface area contributed by atoms with Crippen molar-refractivity contribution in [1.29, 1.82) is 0 Å². The van der Waals surface area contributed by atoms with Gasteiger partial charge in [-0.3, -0.25) is 0 Å². The summed E-state index contributed by atoms with van der Waals surface area (Å²) in [7, 11) is -3.29. The largest absolute Gasteiger partial charge is 0.486 e. The summed E-state index contributed by atoms with van der Waals surface area (Å²) in [5.41, 5.74) is 2.23. The van der Waals surface area contributed by atoms with Gasteiger partial charge in [0, 0.05) is 23.5 Å². The van der Waals surface area contributed by atoms with Gasteiger partial charge < -0.3 is 19.8 Å².